The van der Waals surface area contributed by atoms with Crippen LogP contribution in [-0.4, -0.2) is 19.3 Å². The average molecular weight is 211 g/mol. The Morgan fingerprint density at radius 3 is 2.40 bits per heavy atom. The molecule has 2 fully saturated rings. The lowest BCUT2D eigenvalue weighted by atomic mass is 9.76. The lowest BCUT2D eigenvalue weighted by Gasteiger charge is -2.31. The predicted octanol–water partition coefficient (Wildman–Crippen LogP) is 2.71. The molecule has 0 spiro atoms. The maximum absolute atomic E-state index is 5.85. The van der Waals surface area contributed by atoms with E-state index in [2.05, 4.69) is 0 Å². The fraction of sp³-hybridized carbons (Fsp3) is 1.00. The summed E-state index contributed by atoms with van der Waals surface area (Å²) in [6.45, 7) is 1.89. The lowest BCUT2D eigenvalue weighted by molar-refractivity contribution is 0.0905. The van der Waals surface area contributed by atoms with Crippen molar-refractivity contribution in [2.45, 2.75) is 57.5 Å². The van der Waals surface area contributed by atoms with Gasteiger partial charge in [-0.15, -0.1) is 0 Å². The van der Waals surface area contributed by atoms with Crippen LogP contribution in [0.5, 0.6) is 0 Å². The number of hydrogen-bond acceptors (Lipinski definition) is 2. The van der Waals surface area contributed by atoms with E-state index in [1.165, 1.54) is 51.4 Å². The minimum atomic E-state index is 0.574. The molecule has 1 saturated carbocycles. The van der Waals surface area contributed by atoms with E-state index in [0.29, 0.717) is 6.10 Å². The van der Waals surface area contributed by atoms with Crippen molar-refractivity contribution >= 4 is 0 Å². The van der Waals surface area contributed by atoms with Crippen LogP contribution < -0.4 is 5.73 Å². The molecule has 2 aliphatic rings. The van der Waals surface area contributed by atoms with Crippen LogP contribution in [-0.2, 0) is 4.74 Å². The molecule has 15 heavy (non-hydrogen) atoms. The van der Waals surface area contributed by atoms with Crippen LogP contribution in [0.2, 0.25) is 0 Å². The molecule has 3 unspecified atom stereocenters. The average Bonchev–Trinajstić information content (AvgIpc) is 2.79. The quantitative estimate of drug-likeness (QED) is 0.776. The second-order valence-electron chi connectivity index (χ2n) is 5.25. The first-order valence-electron chi connectivity index (χ1n) is 6.72. The van der Waals surface area contributed by atoms with Gasteiger partial charge in [0.1, 0.15) is 0 Å². The Kier molecular flexibility index (Phi) is 4.45. The van der Waals surface area contributed by atoms with Crippen LogP contribution in [0, 0.1) is 11.8 Å². The third-order valence-electron chi connectivity index (χ3n) is 4.25. The van der Waals surface area contributed by atoms with Crippen molar-refractivity contribution in [1.82, 2.24) is 0 Å². The zero-order chi connectivity index (χ0) is 10.5. The van der Waals surface area contributed by atoms with Gasteiger partial charge in [0, 0.05) is 6.61 Å². The standard InChI is InChI=1S/C13H25NO/c14-10-12-5-2-1-4-11(12)7-8-13-6-3-9-15-13/h11-13H,1-10,14H2. The maximum Gasteiger partial charge on any atom is 0.0576 e. The maximum atomic E-state index is 5.85. The van der Waals surface area contributed by atoms with E-state index in [1.54, 1.807) is 0 Å². The van der Waals surface area contributed by atoms with Gasteiger partial charge >= 0.3 is 0 Å². The molecule has 1 heterocycles. The first-order valence-corrected chi connectivity index (χ1v) is 6.72. The normalized spacial score (nSPS) is 37.0. The number of rotatable bonds is 4. The van der Waals surface area contributed by atoms with Crippen molar-refractivity contribution in [2.24, 2.45) is 17.6 Å². The molecule has 0 aromatic heterocycles. The molecule has 0 bridgehead atoms. The van der Waals surface area contributed by atoms with Gasteiger partial charge in [-0.2, -0.15) is 0 Å². The summed E-state index contributed by atoms with van der Waals surface area (Å²) < 4.78 is 5.68. The molecule has 0 amide bonds. The fourth-order valence-electron chi connectivity index (χ4n) is 3.25. The van der Waals surface area contributed by atoms with Gasteiger partial charge in [0.2, 0.25) is 0 Å². The molecule has 1 aliphatic heterocycles. The Morgan fingerprint density at radius 2 is 1.73 bits per heavy atom. The molecule has 2 N–H and O–H groups in total. The summed E-state index contributed by atoms with van der Waals surface area (Å²) in [6.07, 6.45) is 11.4. The van der Waals surface area contributed by atoms with Crippen molar-refractivity contribution in [3.63, 3.8) is 0 Å². The van der Waals surface area contributed by atoms with Crippen molar-refractivity contribution < 1.29 is 4.74 Å². The van der Waals surface area contributed by atoms with Crippen LogP contribution in [0.15, 0.2) is 0 Å². The summed E-state index contributed by atoms with van der Waals surface area (Å²) in [7, 11) is 0. The van der Waals surface area contributed by atoms with E-state index in [0.717, 1.165) is 25.0 Å². The van der Waals surface area contributed by atoms with Crippen LogP contribution in [0.1, 0.15) is 51.4 Å². The molecular weight excluding hydrogens is 186 g/mol. The Bertz CT molecular complexity index is 177. The SMILES string of the molecule is NCC1CCCCC1CCC1CCCO1. The number of nitrogens with two attached hydrogens (primary N) is 1. The second-order valence-corrected chi connectivity index (χ2v) is 5.25. The Balaban J connectivity index is 1.71. The minimum Gasteiger partial charge on any atom is -0.378 e. The lowest BCUT2D eigenvalue weighted by Crippen LogP contribution is -2.27. The summed E-state index contributed by atoms with van der Waals surface area (Å²) in [5.41, 5.74) is 5.85. The van der Waals surface area contributed by atoms with Crippen LogP contribution >= 0.6 is 0 Å². The van der Waals surface area contributed by atoms with E-state index < -0.39 is 0 Å². The predicted molar refractivity (Wildman–Crippen MR) is 62.7 cm³/mol. The van der Waals surface area contributed by atoms with Gasteiger partial charge in [-0.05, 0) is 50.5 Å². The third kappa shape index (κ3) is 3.18. The van der Waals surface area contributed by atoms with Crippen LogP contribution in [0.25, 0.3) is 0 Å². The molecule has 0 radical (unpaired) electrons. The van der Waals surface area contributed by atoms with Gasteiger partial charge < -0.3 is 10.5 Å². The summed E-state index contributed by atoms with van der Waals surface area (Å²) in [6, 6.07) is 0. The monoisotopic (exact) mass is 211 g/mol. The number of hydrogen-bond donors (Lipinski definition) is 1. The van der Waals surface area contributed by atoms with E-state index in [9.17, 15) is 0 Å². The van der Waals surface area contributed by atoms with Crippen LogP contribution in [0.4, 0.5) is 0 Å². The van der Waals surface area contributed by atoms with E-state index >= 15 is 0 Å². The van der Waals surface area contributed by atoms with E-state index in [4.69, 9.17) is 10.5 Å². The van der Waals surface area contributed by atoms with Gasteiger partial charge in [0.25, 0.3) is 0 Å². The molecule has 88 valence electrons. The number of ether oxygens (including phenoxy) is 1. The highest BCUT2D eigenvalue weighted by Crippen LogP contribution is 2.33. The molecule has 2 nitrogen and oxygen atoms in total. The largest absolute Gasteiger partial charge is 0.378 e. The molecular formula is C13H25NO. The Labute approximate surface area is 93.6 Å². The summed E-state index contributed by atoms with van der Waals surface area (Å²) in [5, 5.41) is 0. The van der Waals surface area contributed by atoms with Gasteiger partial charge in [-0.25, -0.2) is 0 Å². The van der Waals surface area contributed by atoms with Gasteiger partial charge in [-0.3, -0.25) is 0 Å². The molecule has 3 atom stereocenters. The van der Waals surface area contributed by atoms with Crippen molar-refractivity contribution in [3.05, 3.63) is 0 Å². The van der Waals surface area contributed by atoms with E-state index in [1.807, 2.05) is 0 Å². The van der Waals surface area contributed by atoms with Crippen LogP contribution in [0.3, 0.4) is 0 Å². The molecule has 1 saturated heterocycles. The zero-order valence-electron chi connectivity index (χ0n) is 9.79. The first kappa shape index (κ1) is 11.4. The first-order chi connectivity index (χ1) is 7.40. The molecule has 2 rings (SSSR count). The molecule has 1 aliphatic carbocycles. The summed E-state index contributed by atoms with van der Waals surface area (Å²) in [5.74, 6) is 1.70. The van der Waals surface area contributed by atoms with Crippen molar-refractivity contribution in [1.29, 1.82) is 0 Å². The molecule has 0 aromatic carbocycles. The van der Waals surface area contributed by atoms with E-state index in [-0.39, 0.29) is 0 Å². The second kappa shape index (κ2) is 5.86. The van der Waals surface area contributed by atoms with Crippen molar-refractivity contribution in [3.8, 4) is 0 Å². The third-order valence-corrected chi connectivity index (χ3v) is 4.25. The highest BCUT2D eigenvalue weighted by molar-refractivity contribution is 4.77. The summed E-state index contributed by atoms with van der Waals surface area (Å²) >= 11 is 0. The highest BCUT2D eigenvalue weighted by atomic mass is 16.5. The fourth-order valence-corrected chi connectivity index (χ4v) is 3.25. The van der Waals surface area contributed by atoms with Gasteiger partial charge in [0.05, 0.1) is 6.10 Å². The highest BCUT2D eigenvalue weighted by Gasteiger charge is 2.25. The molecule has 2 heteroatoms. The zero-order valence-corrected chi connectivity index (χ0v) is 9.79. The van der Waals surface area contributed by atoms with Gasteiger partial charge in [0.15, 0.2) is 0 Å². The van der Waals surface area contributed by atoms with Crippen molar-refractivity contribution in [2.75, 3.05) is 13.2 Å². The summed E-state index contributed by atoms with van der Waals surface area (Å²) in [4.78, 5) is 0. The molecule has 0 aromatic rings. The Hall–Kier alpha value is -0.0800. The minimum absolute atomic E-state index is 0.574. The topological polar surface area (TPSA) is 35.2 Å². The Morgan fingerprint density at radius 1 is 0.933 bits per heavy atom. The smallest absolute Gasteiger partial charge is 0.0576 e. The van der Waals surface area contributed by atoms with Gasteiger partial charge in [-0.1, -0.05) is 19.3 Å².